The predicted molar refractivity (Wildman–Crippen MR) is 94.7 cm³/mol. The number of aromatic nitrogens is 2. The summed E-state index contributed by atoms with van der Waals surface area (Å²) in [6.45, 7) is 5.64. The lowest BCUT2D eigenvalue weighted by molar-refractivity contribution is -0.119. The van der Waals surface area contributed by atoms with Gasteiger partial charge in [0.25, 0.3) is 0 Å². The molecular formula is C17H29N3O4S. The summed E-state index contributed by atoms with van der Waals surface area (Å²) in [7, 11) is -3.70. The quantitative estimate of drug-likeness (QED) is 0.753. The molecule has 0 bridgehead atoms. The van der Waals surface area contributed by atoms with Gasteiger partial charge in [0.05, 0.1) is 0 Å². The molecule has 2 rings (SSSR count). The Morgan fingerprint density at radius 1 is 1.36 bits per heavy atom. The van der Waals surface area contributed by atoms with Crippen molar-refractivity contribution in [2.75, 3.05) is 5.75 Å². The number of sulfone groups is 1. The fourth-order valence-corrected chi connectivity index (χ4v) is 4.21. The van der Waals surface area contributed by atoms with Gasteiger partial charge in [0.1, 0.15) is 11.0 Å². The normalized spacial score (nSPS) is 22.5. The molecule has 142 valence electrons. The highest BCUT2D eigenvalue weighted by Crippen LogP contribution is 2.24. The Hall–Kier alpha value is -1.44. The van der Waals surface area contributed by atoms with E-state index in [0.717, 1.165) is 32.1 Å². The molecule has 1 heterocycles. The van der Waals surface area contributed by atoms with E-state index in [1.54, 1.807) is 0 Å². The van der Waals surface area contributed by atoms with Gasteiger partial charge in [0.2, 0.25) is 11.8 Å². The molecule has 1 aromatic heterocycles. The van der Waals surface area contributed by atoms with Crippen LogP contribution in [0.25, 0.3) is 0 Å². The van der Waals surface area contributed by atoms with Crippen molar-refractivity contribution < 1.29 is 17.7 Å². The van der Waals surface area contributed by atoms with Gasteiger partial charge < -0.3 is 9.84 Å². The number of nitrogens with one attached hydrogen (secondary N) is 1. The second-order valence-corrected chi connectivity index (χ2v) is 9.36. The Balaban J connectivity index is 1.95. The van der Waals surface area contributed by atoms with Crippen LogP contribution in [0.2, 0.25) is 0 Å². The van der Waals surface area contributed by atoms with E-state index in [0.29, 0.717) is 18.2 Å². The molecule has 0 radical (unpaired) electrons. The van der Waals surface area contributed by atoms with Gasteiger partial charge in [-0.2, -0.15) is 4.98 Å². The predicted octanol–water partition coefficient (Wildman–Crippen LogP) is 2.58. The lowest BCUT2D eigenvalue weighted by Gasteiger charge is -2.29. The van der Waals surface area contributed by atoms with Crippen molar-refractivity contribution in [3.63, 3.8) is 0 Å². The third-order valence-corrected chi connectivity index (χ3v) is 6.86. The van der Waals surface area contributed by atoms with Gasteiger partial charge in [0.15, 0.2) is 15.7 Å². The molecule has 0 aromatic carbocycles. The molecule has 1 amide bonds. The number of carbonyl (C=O) groups is 1. The summed E-state index contributed by atoms with van der Waals surface area (Å²) in [6, 6.07) is 0.0656. The largest absolute Gasteiger partial charge is 0.352 e. The zero-order chi connectivity index (χ0) is 18.4. The summed E-state index contributed by atoms with van der Waals surface area (Å²) >= 11 is 0. The average molecular weight is 372 g/mol. The SMILES string of the molecule is CCCCc1noc(C(C)S(=O)(=O)CC(=O)NC2CCCCC2C)n1. The molecule has 0 saturated heterocycles. The average Bonchev–Trinajstić information content (AvgIpc) is 3.02. The zero-order valence-electron chi connectivity index (χ0n) is 15.3. The monoisotopic (exact) mass is 371 g/mol. The smallest absolute Gasteiger partial charge is 0.244 e. The fraction of sp³-hybridized carbons (Fsp3) is 0.824. The van der Waals surface area contributed by atoms with Gasteiger partial charge in [-0.15, -0.1) is 0 Å². The summed E-state index contributed by atoms with van der Waals surface area (Å²) in [4.78, 5) is 16.4. The van der Waals surface area contributed by atoms with Gasteiger partial charge >= 0.3 is 0 Å². The van der Waals surface area contributed by atoms with Crippen molar-refractivity contribution in [3.8, 4) is 0 Å². The Labute approximate surface area is 149 Å². The molecule has 0 aliphatic heterocycles. The highest BCUT2D eigenvalue weighted by Gasteiger charge is 2.32. The van der Waals surface area contributed by atoms with E-state index in [1.807, 2.05) is 0 Å². The van der Waals surface area contributed by atoms with Crippen LogP contribution in [-0.2, 0) is 21.1 Å². The van der Waals surface area contributed by atoms with Crippen LogP contribution < -0.4 is 5.32 Å². The summed E-state index contributed by atoms with van der Waals surface area (Å²) in [5, 5.41) is 5.72. The number of rotatable bonds is 8. The topological polar surface area (TPSA) is 102 Å². The number of amides is 1. The van der Waals surface area contributed by atoms with Crippen LogP contribution >= 0.6 is 0 Å². The van der Waals surface area contributed by atoms with Gasteiger partial charge in [-0.05, 0) is 32.1 Å². The lowest BCUT2D eigenvalue weighted by atomic mass is 9.86. The summed E-state index contributed by atoms with van der Waals surface area (Å²) in [5.41, 5.74) is 0. The van der Waals surface area contributed by atoms with Gasteiger partial charge in [-0.3, -0.25) is 4.79 Å². The number of hydrogen-bond donors (Lipinski definition) is 1. The first-order valence-corrected chi connectivity index (χ1v) is 10.9. The molecule has 1 aromatic rings. The minimum Gasteiger partial charge on any atom is -0.352 e. The van der Waals surface area contributed by atoms with E-state index in [4.69, 9.17) is 4.52 Å². The maximum Gasteiger partial charge on any atom is 0.244 e. The second kappa shape index (κ2) is 8.78. The van der Waals surface area contributed by atoms with Crippen molar-refractivity contribution in [2.45, 2.75) is 77.0 Å². The second-order valence-electron chi connectivity index (χ2n) is 7.04. The summed E-state index contributed by atoms with van der Waals surface area (Å²) < 4.78 is 30.1. The van der Waals surface area contributed by atoms with Crippen molar-refractivity contribution in [2.24, 2.45) is 5.92 Å². The molecule has 3 unspecified atom stereocenters. The van der Waals surface area contributed by atoms with Gasteiger partial charge in [0, 0.05) is 12.5 Å². The maximum atomic E-state index is 12.5. The van der Waals surface area contributed by atoms with E-state index in [2.05, 4.69) is 29.3 Å². The van der Waals surface area contributed by atoms with Crippen LogP contribution in [-0.4, -0.2) is 36.3 Å². The number of unbranched alkanes of at least 4 members (excludes halogenated alkanes) is 1. The van der Waals surface area contributed by atoms with Crippen molar-refractivity contribution in [1.29, 1.82) is 0 Å². The number of carbonyl (C=O) groups excluding carboxylic acids is 1. The molecule has 1 aliphatic carbocycles. The zero-order valence-corrected chi connectivity index (χ0v) is 16.1. The molecule has 0 spiro atoms. The van der Waals surface area contributed by atoms with E-state index in [9.17, 15) is 13.2 Å². The van der Waals surface area contributed by atoms with Crippen LogP contribution in [0.15, 0.2) is 4.52 Å². The number of nitrogens with zero attached hydrogens (tertiary/aromatic N) is 2. The van der Waals surface area contributed by atoms with Crippen LogP contribution in [0.1, 0.15) is 76.3 Å². The molecule has 1 N–H and O–H groups in total. The molecular weight excluding hydrogens is 342 g/mol. The summed E-state index contributed by atoms with van der Waals surface area (Å²) in [6.07, 6.45) is 6.79. The third-order valence-electron chi connectivity index (χ3n) is 4.91. The molecule has 7 nitrogen and oxygen atoms in total. The van der Waals surface area contributed by atoms with Crippen LogP contribution in [0.4, 0.5) is 0 Å². The minimum atomic E-state index is -3.70. The molecule has 1 fully saturated rings. The third kappa shape index (κ3) is 5.52. The van der Waals surface area contributed by atoms with Gasteiger partial charge in [-0.1, -0.05) is 38.3 Å². The standard InChI is InChI=1S/C17H29N3O4S/c1-4-5-10-15-19-17(24-20-15)13(3)25(22,23)11-16(21)18-14-9-7-6-8-12(14)2/h12-14H,4-11H2,1-3H3,(H,18,21). The van der Waals surface area contributed by atoms with E-state index < -0.39 is 26.7 Å². The molecule has 1 aliphatic rings. The minimum absolute atomic E-state index is 0.0601. The van der Waals surface area contributed by atoms with Gasteiger partial charge in [-0.25, -0.2) is 8.42 Å². The first-order valence-electron chi connectivity index (χ1n) is 9.17. The molecule has 3 atom stereocenters. The maximum absolute atomic E-state index is 12.5. The van der Waals surface area contributed by atoms with E-state index in [1.165, 1.54) is 13.3 Å². The van der Waals surface area contributed by atoms with Crippen LogP contribution in [0, 0.1) is 5.92 Å². The Kier molecular flexibility index (Phi) is 6.98. The first-order chi connectivity index (χ1) is 11.8. The molecule has 25 heavy (non-hydrogen) atoms. The molecule has 1 saturated carbocycles. The van der Waals surface area contributed by atoms with Crippen molar-refractivity contribution in [1.82, 2.24) is 15.5 Å². The van der Waals surface area contributed by atoms with Crippen molar-refractivity contribution >= 4 is 15.7 Å². The van der Waals surface area contributed by atoms with E-state index in [-0.39, 0.29) is 11.9 Å². The Bertz CT molecular complexity index is 671. The summed E-state index contributed by atoms with van der Waals surface area (Å²) in [5.74, 6) is -0.0418. The molecule has 8 heteroatoms. The fourth-order valence-electron chi connectivity index (χ4n) is 3.11. The Morgan fingerprint density at radius 3 is 2.76 bits per heavy atom. The number of hydrogen-bond acceptors (Lipinski definition) is 6. The number of aryl methyl sites for hydroxylation is 1. The lowest BCUT2D eigenvalue weighted by Crippen LogP contribution is -2.43. The first kappa shape index (κ1) is 19.9. The van der Waals surface area contributed by atoms with Crippen LogP contribution in [0.5, 0.6) is 0 Å². The van der Waals surface area contributed by atoms with Crippen molar-refractivity contribution in [3.05, 3.63) is 11.7 Å². The highest BCUT2D eigenvalue weighted by molar-refractivity contribution is 7.92. The Morgan fingerprint density at radius 2 is 2.08 bits per heavy atom. The van der Waals surface area contributed by atoms with Crippen LogP contribution in [0.3, 0.4) is 0 Å². The highest BCUT2D eigenvalue weighted by atomic mass is 32.2. The van der Waals surface area contributed by atoms with E-state index >= 15 is 0 Å².